The van der Waals surface area contributed by atoms with E-state index in [9.17, 15) is 4.79 Å². The fourth-order valence-electron chi connectivity index (χ4n) is 2.14. The van der Waals surface area contributed by atoms with Crippen molar-refractivity contribution in [1.82, 2.24) is 4.57 Å². The maximum absolute atomic E-state index is 12.0. The van der Waals surface area contributed by atoms with Crippen LogP contribution in [0, 0.1) is 0 Å². The number of halogens is 1. The van der Waals surface area contributed by atoms with Crippen LogP contribution in [0.5, 0.6) is 0 Å². The molecule has 0 N–H and O–H groups in total. The van der Waals surface area contributed by atoms with Gasteiger partial charge in [0, 0.05) is 11.5 Å². The maximum atomic E-state index is 12.0. The number of para-hydroxylation sites is 1. The largest absolute Gasteiger partial charge is 0.348 e. The highest BCUT2D eigenvalue weighted by molar-refractivity contribution is 6.35. The first-order valence-corrected chi connectivity index (χ1v) is 6.15. The molecule has 0 radical (unpaired) electrons. The highest BCUT2D eigenvalue weighted by atomic mass is 35.5. The minimum atomic E-state index is -0.354. The van der Waals surface area contributed by atoms with Crippen molar-refractivity contribution in [3.63, 3.8) is 0 Å². The second kappa shape index (κ2) is 4.72. The van der Waals surface area contributed by atoms with Gasteiger partial charge in [-0.15, -0.1) is 0 Å². The molecule has 0 spiro atoms. The number of rotatable bonds is 2. The van der Waals surface area contributed by atoms with Crippen molar-refractivity contribution in [1.29, 1.82) is 0 Å². The summed E-state index contributed by atoms with van der Waals surface area (Å²) < 4.78 is 12.4. The highest BCUT2D eigenvalue weighted by Crippen LogP contribution is 2.21. The SMILES string of the molecule is O=c1cc(Cl)c2ccccc2n1CC1OCCO1. The number of hydrogen-bond acceptors (Lipinski definition) is 3. The molecule has 4 nitrogen and oxygen atoms in total. The second-order valence-electron chi connectivity index (χ2n) is 4.13. The molecule has 1 saturated heterocycles. The Hall–Kier alpha value is -1.36. The summed E-state index contributed by atoms with van der Waals surface area (Å²) in [5, 5.41) is 1.33. The van der Waals surface area contributed by atoms with E-state index in [1.165, 1.54) is 6.07 Å². The van der Waals surface area contributed by atoms with Gasteiger partial charge in [0.25, 0.3) is 5.56 Å². The van der Waals surface area contributed by atoms with Gasteiger partial charge < -0.3 is 14.0 Å². The van der Waals surface area contributed by atoms with Gasteiger partial charge in [-0.3, -0.25) is 4.79 Å². The molecule has 0 amide bonds. The molecule has 18 heavy (non-hydrogen) atoms. The van der Waals surface area contributed by atoms with Gasteiger partial charge in [0.2, 0.25) is 0 Å². The van der Waals surface area contributed by atoms with E-state index in [2.05, 4.69) is 0 Å². The molecule has 2 aromatic rings. The molecule has 1 fully saturated rings. The summed E-state index contributed by atoms with van der Waals surface area (Å²) in [5.41, 5.74) is 0.659. The predicted molar refractivity (Wildman–Crippen MR) is 68.9 cm³/mol. The molecular formula is C13H12ClNO3. The lowest BCUT2D eigenvalue weighted by atomic mass is 10.2. The van der Waals surface area contributed by atoms with Gasteiger partial charge in [0.05, 0.1) is 30.3 Å². The first-order chi connectivity index (χ1) is 8.75. The van der Waals surface area contributed by atoms with E-state index in [4.69, 9.17) is 21.1 Å². The van der Waals surface area contributed by atoms with E-state index in [0.717, 1.165) is 10.9 Å². The third-order valence-corrected chi connectivity index (χ3v) is 3.30. The molecule has 2 heterocycles. The lowest BCUT2D eigenvalue weighted by Gasteiger charge is -2.14. The summed E-state index contributed by atoms with van der Waals surface area (Å²) in [6.45, 7) is 1.53. The zero-order chi connectivity index (χ0) is 12.5. The van der Waals surface area contributed by atoms with E-state index in [0.29, 0.717) is 24.8 Å². The number of pyridine rings is 1. The van der Waals surface area contributed by atoms with Gasteiger partial charge in [-0.05, 0) is 6.07 Å². The Kier molecular flexibility index (Phi) is 3.07. The number of benzene rings is 1. The normalized spacial score (nSPS) is 16.5. The van der Waals surface area contributed by atoms with Gasteiger partial charge in [-0.25, -0.2) is 0 Å². The predicted octanol–water partition coefficient (Wildman–Crippen LogP) is 2.03. The molecule has 0 saturated carbocycles. The van der Waals surface area contributed by atoms with Crippen LogP contribution in [0.4, 0.5) is 0 Å². The van der Waals surface area contributed by atoms with E-state index in [1.54, 1.807) is 4.57 Å². The Bertz CT molecular complexity index is 632. The van der Waals surface area contributed by atoms with Crippen LogP contribution < -0.4 is 5.56 Å². The third-order valence-electron chi connectivity index (χ3n) is 2.99. The second-order valence-corrected chi connectivity index (χ2v) is 4.54. The maximum Gasteiger partial charge on any atom is 0.252 e. The number of nitrogens with zero attached hydrogens (tertiary/aromatic N) is 1. The monoisotopic (exact) mass is 265 g/mol. The van der Waals surface area contributed by atoms with E-state index >= 15 is 0 Å². The van der Waals surface area contributed by atoms with Crippen molar-refractivity contribution >= 4 is 22.5 Å². The summed E-state index contributed by atoms with van der Waals surface area (Å²) in [6.07, 6.45) is -0.354. The first kappa shape index (κ1) is 11.7. The summed E-state index contributed by atoms with van der Waals surface area (Å²) in [5.74, 6) is 0. The van der Waals surface area contributed by atoms with Gasteiger partial charge in [-0.1, -0.05) is 29.8 Å². The van der Waals surface area contributed by atoms with Crippen molar-refractivity contribution < 1.29 is 9.47 Å². The Morgan fingerprint density at radius 1 is 1.28 bits per heavy atom. The Balaban J connectivity index is 2.12. The number of hydrogen-bond donors (Lipinski definition) is 0. The van der Waals surface area contributed by atoms with Crippen molar-refractivity contribution in [2.75, 3.05) is 13.2 Å². The smallest absolute Gasteiger partial charge is 0.252 e. The minimum absolute atomic E-state index is 0.141. The number of ether oxygens (including phenoxy) is 2. The van der Waals surface area contributed by atoms with Crippen molar-refractivity contribution in [3.8, 4) is 0 Å². The third kappa shape index (κ3) is 2.03. The Morgan fingerprint density at radius 2 is 2.00 bits per heavy atom. The zero-order valence-corrected chi connectivity index (χ0v) is 10.4. The average molecular weight is 266 g/mol. The Morgan fingerprint density at radius 3 is 2.78 bits per heavy atom. The van der Waals surface area contributed by atoms with E-state index in [1.807, 2.05) is 24.3 Å². The molecule has 5 heteroatoms. The molecular weight excluding hydrogens is 254 g/mol. The molecule has 3 rings (SSSR count). The summed E-state index contributed by atoms with van der Waals surface area (Å²) >= 11 is 6.08. The Labute approximate surface area is 109 Å². The highest BCUT2D eigenvalue weighted by Gasteiger charge is 2.18. The van der Waals surface area contributed by atoms with Crippen molar-refractivity contribution in [2.45, 2.75) is 12.8 Å². The molecule has 0 unspecified atom stereocenters. The molecule has 0 aliphatic carbocycles. The molecule has 1 aliphatic heterocycles. The number of fused-ring (bicyclic) bond motifs is 1. The van der Waals surface area contributed by atoms with Crippen LogP contribution in [0.1, 0.15) is 0 Å². The summed E-state index contributed by atoms with van der Waals surface area (Å²) in [4.78, 5) is 12.0. The van der Waals surface area contributed by atoms with Gasteiger partial charge >= 0.3 is 0 Å². The number of aromatic nitrogens is 1. The van der Waals surface area contributed by atoms with Crippen LogP contribution in [0.2, 0.25) is 5.02 Å². The lowest BCUT2D eigenvalue weighted by molar-refractivity contribution is -0.0522. The lowest BCUT2D eigenvalue weighted by Crippen LogP contribution is -2.27. The van der Waals surface area contributed by atoms with Crippen LogP contribution in [0.15, 0.2) is 35.1 Å². The van der Waals surface area contributed by atoms with Gasteiger partial charge in [0.15, 0.2) is 6.29 Å². The fourth-order valence-corrected chi connectivity index (χ4v) is 2.40. The molecule has 1 aromatic carbocycles. The first-order valence-electron chi connectivity index (χ1n) is 5.77. The molecule has 0 atom stereocenters. The van der Waals surface area contributed by atoms with Crippen molar-refractivity contribution in [3.05, 3.63) is 45.7 Å². The van der Waals surface area contributed by atoms with Crippen LogP contribution in [0.3, 0.4) is 0 Å². The molecule has 0 bridgehead atoms. The van der Waals surface area contributed by atoms with Crippen LogP contribution >= 0.6 is 11.6 Å². The fraction of sp³-hybridized carbons (Fsp3) is 0.308. The zero-order valence-electron chi connectivity index (χ0n) is 9.64. The van der Waals surface area contributed by atoms with E-state index in [-0.39, 0.29) is 11.8 Å². The molecule has 1 aliphatic rings. The van der Waals surface area contributed by atoms with Crippen LogP contribution in [-0.4, -0.2) is 24.1 Å². The molecule has 94 valence electrons. The van der Waals surface area contributed by atoms with Crippen molar-refractivity contribution in [2.24, 2.45) is 0 Å². The van der Waals surface area contributed by atoms with Gasteiger partial charge in [-0.2, -0.15) is 0 Å². The summed E-state index contributed by atoms with van der Waals surface area (Å²) in [7, 11) is 0. The van der Waals surface area contributed by atoms with Crippen LogP contribution in [-0.2, 0) is 16.0 Å². The summed E-state index contributed by atoms with van der Waals surface area (Å²) in [6, 6.07) is 8.97. The quantitative estimate of drug-likeness (QED) is 0.834. The topological polar surface area (TPSA) is 40.5 Å². The minimum Gasteiger partial charge on any atom is -0.348 e. The average Bonchev–Trinajstić information content (AvgIpc) is 2.87. The van der Waals surface area contributed by atoms with Gasteiger partial charge in [0.1, 0.15) is 0 Å². The van der Waals surface area contributed by atoms with Crippen LogP contribution in [0.25, 0.3) is 10.9 Å². The standard InChI is InChI=1S/C13H12ClNO3/c14-10-7-12(16)15(8-13-17-5-6-18-13)11-4-2-1-3-9(10)11/h1-4,7,13H,5-6,8H2. The molecule has 1 aromatic heterocycles. The van der Waals surface area contributed by atoms with E-state index < -0.39 is 0 Å².